The van der Waals surface area contributed by atoms with Crippen molar-refractivity contribution < 1.29 is 9.21 Å². The van der Waals surface area contributed by atoms with Crippen LogP contribution in [0.5, 0.6) is 0 Å². The summed E-state index contributed by atoms with van der Waals surface area (Å²) in [5.41, 5.74) is 7.74. The summed E-state index contributed by atoms with van der Waals surface area (Å²) in [7, 11) is 0. The number of hydrogen-bond donors (Lipinski definition) is 1. The molecule has 1 heterocycles. The van der Waals surface area contributed by atoms with E-state index >= 15 is 0 Å². The molecule has 0 saturated carbocycles. The van der Waals surface area contributed by atoms with E-state index in [0.29, 0.717) is 17.0 Å². The van der Waals surface area contributed by atoms with Crippen LogP contribution in [0.25, 0.3) is 0 Å². The third-order valence-electron chi connectivity index (χ3n) is 2.42. The van der Waals surface area contributed by atoms with Crippen LogP contribution in [0.3, 0.4) is 0 Å². The Hall–Kier alpha value is -2.03. The first-order valence-electron chi connectivity index (χ1n) is 5.05. The third-order valence-corrected chi connectivity index (χ3v) is 2.42. The minimum absolute atomic E-state index is 0.172. The van der Waals surface area contributed by atoms with Gasteiger partial charge in [-0.2, -0.15) is 0 Å². The molecule has 0 fully saturated rings. The highest BCUT2D eigenvalue weighted by atomic mass is 16.3. The summed E-state index contributed by atoms with van der Waals surface area (Å²) in [6.07, 6.45) is 0. The molecule has 0 aliphatic carbocycles. The van der Waals surface area contributed by atoms with Gasteiger partial charge in [-0.1, -0.05) is 11.6 Å². The predicted octanol–water partition coefficient (Wildman–Crippen LogP) is 2.71. The number of anilines is 1. The number of furan rings is 1. The molecular formula is C13H13NO2. The Morgan fingerprint density at radius 3 is 2.56 bits per heavy atom. The van der Waals surface area contributed by atoms with Gasteiger partial charge >= 0.3 is 0 Å². The van der Waals surface area contributed by atoms with Gasteiger partial charge in [0.05, 0.1) is 0 Å². The maximum Gasteiger partial charge on any atom is 0.230 e. The van der Waals surface area contributed by atoms with E-state index in [-0.39, 0.29) is 5.78 Å². The summed E-state index contributed by atoms with van der Waals surface area (Å²) >= 11 is 0. The van der Waals surface area contributed by atoms with Crippen LogP contribution in [0.1, 0.15) is 27.4 Å². The highest BCUT2D eigenvalue weighted by molar-refractivity contribution is 6.10. The van der Waals surface area contributed by atoms with Gasteiger partial charge in [-0.3, -0.25) is 4.79 Å². The van der Waals surface area contributed by atoms with E-state index in [1.165, 1.54) is 0 Å². The first-order chi connectivity index (χ1) is 7.58. The molecule has 0 bridgehead atoms. The van der Waals surface area contributed by atoms with Crippen LogP contribution in [0, 0.1) is 13.8 Å². The summed E-state index contributed by atoms with van der Waals surface area (Å²) in [4.78, 5) is 12.1. The molecule has 0 saturated heterocycles. The normalized spacial score (nSPS) is 10.4. The Bertz CT molecular complexity index is 541. The Labute approximate surface area is 93.9 Å². The summed E-state index contributed by atoms with van der Waals surface area (Å²) in [6, 6.07) is 8.81. The molecule has 0 amide bonds. The van der Waals surface area contributed by atoms with Crippen molar-refractivity contribution in [3.05, 3.63) is 53.0 Å². The third kappa shape index (κ3) is 1.84. The minimum Gasteiger partial charge on any atom is -0.458 e. The fourth-order valence-electron chi connectivity index (χ4n) is 1.56. The van der Waals surface area contributed by atoms with E-state index in [1.54, 1.807) is 31.2 Å². The number of nitrogen functional groups attached to an aromatic ring is 1. The topological polar surface area (TPSA) is 56.2 Å². The van der Waals surface area contributed by atoms with Crippen molar-refractivity contribution in [2.45, 2.75) is 13.8 Å². The molecule has 0 aliphatic heterocycles. The second-order valence-corrected chi connectivity index (χ2v) is 3.83. The molecule has 0 aliphatic rings. The number of aryl methyl sites for hydroxylation is 2. The molecule has 3 nitrogen and oxygen atoms in total. The van der Waals surface area contributed by atoms with Crippen molar-refractivity contribution in [2.75, 3.05) is 5.73 Å². The van der Waals surface area contributed by atoms with Crippen molar-refractivity contribution in [3.63, 3.8) is 0 Å². The van der Waals surface area contributed by atoms with Gasteiger partial charge in [0.1, 0.15) is 5.76 Å². The van der Waals surface area contributed by atoms with E-state index in [4.69, 9.17) is 10.2 Å². The van der Waals surface area contributed by atoms with Crippen molar-refractivity contribution in [1.82, 2.24) is 0 Å². The molecule has 1 aromatic heterocycles. The summed E-state index contributed by atoms with van der Waals surface area (Å²) in [6.45, 7) is 3.72. The van der Waals surface area contributed by atoms with Crippen LogP contribution in [0.2, 0.25) is 0 Å². The molecule has 2 rings (SSSR count). The minimum atomic E-state index is -0.172. The lowest BCUT2D eigenvalue weighted by Gasteiger charge is -2.03. The zero-order chi connectivity index (χ0) is 11.7. The lowest BCUT2D eigenvalue weighted by molar-refractivity contribution is 0.101. The smallest absolute Gasteiger partial charge is 0.230 e. The quantitative estimate of drug-likeness (QED) is 0.619. The standard InChI is InChI=1S/C13H13NO2/c1-8-3-5-11(14)10(7-8)13(15)12-6-4-9(2)16-12/h3-7H,14H2,1-2H3. The number of ketones is 1. The molecule has 0 unspecified atom stereocenters. The summed E-state index contributed by atoms with van der Waals surface area (Å²) in [5.74, 6) is 0.874. The SMILES string of the molecule is Cc1ccc(N)c(C(=O)c2ccc(C)o2)c1. The lowest BCUT2D eigenvalue weighted by Crippen LogP contribution is -2.04. The first-order valence-corrected chi connectivity index (χ1v) is 5.05. The average molecular weight is 215 g/mol. The molecular weight excluding hydrogens is 202 g/mol. The van der Waals surface area contributed by atoms with Crippen LogP contribution in [-0.2, 0) is 0 Å². The molecule has 2 N–H and O–H groups in total. The fourth-order valence-corrected chi connectivity index (χ4v) is 1.56. The second kappa shape index (κ2) is 3.85. The van der Waals surface area contributed by atoms with Gasteiger partial charge in [0.25, 0.3) is 0 Å². The maximum absolute atomic E-state index is 12.1. The van der Waals surface area contributed by atoms with E-state index in [1.807, 2.05) is 13.0 Å². The van der Waals surface area contributed by atoms with Gasteiger partial charge in [-0.25, -0.2) is 0 Å². The number of hydrogen-bond acceptors (Lipinski definition) is 3. The second-order valence-electron chi connectivity index (χ2n) is 3.83. The van der Waals surface area contributed by atoms with Crippen molar-refractivity contribution in [3.8, 4) is 0 Å². The van der Waals surface area contributed by atoms with Crippen LogP contribution < -0.4 is 5.73 Å². The van der Waals surface area contributed by atoms with E-state index < -0.39 is 0 Å². The Morgan fingerprint density at radius 1 is 1.19 bits per heavy atom. The molecule has 2 aromatic rings. The van der Waals surface area contributed by atoms with Crippen LogP contribution in [0.4, 0.5) is 5.69 Å². The fraction of sp³-hybridized carbons (Fsp3) is 0.154. The van der Waals surface area contributed by atoms with E-state index in [9.17, 15) is 4.79 Å². The molecule has 16 heavy (non-hydrogen) atoms. The van der Waals surface area contributed by atoms with Crippen molar-refractivity contribution >= 4 is 11.5 Å². The molecule has 0 atom stereocenters. The monoisotopic (exact) mass is 215 g/mol. The van der Waals surface area contributed by atoms with Gasteiger partial charge in [0.2, 0.25) is 5.78 Å². The van der Waals surface area contributed by atoms with Crippen LogP contribution in [-0.4, -0.2) is 5.78 Å². The van der Waals surface area contributed by atoms with Gasteiger partial charge in [0, 0.05) is 11.3 Å². The van der Waals surface area contributed by atoms with E-state index in [2.05, 4.69) is 0 Å². The van der Waals surface area contributed by atoms with Crippen LogP contribution in [0.15, 0.2) is 34.7 Å². The zero-order valence-electron chi connectivity index (χ0n) is 9.28. The van der Waals surface area contributed by atoms with Crippen molar-refractivity contribution in [2.24, 2.45) is 0 Å². The van der Waals surface area contributed by atoms with Gasteiger partial charge in [-0.15, -0.1) is 0 Å². The first kappa shape index (κ1) is 10.5. The predicted molar refractivity (Wildman–Crippen MR) is 62.5 cm³/mol. The number of nitrogens with two attached hydrogens (primary N) is 1. The highest BCUT2D eigenvalue weighted by Crippen LogP contribution is 2.19. The van der Waals surface area contributed by atoms with Crippen molar-refractivity contribution in [1.29, 1.82) is 0 Å². The molecule has 82 valence electrons. The van der Waals surface area contributed by atoms with Gasteiger partial charge in [-0.05, 0) is 38.1 Å². The molecule has 1 aromatic carbocycles. The summed E-state index contributed by atoms with van der Waals surface area (Å²) in [5, 5.41) is 0. The Morgan fingerprint density at radius 2 is 1.94 bits per heavy atom. The summed E-state index contributed by atoms with van der Waals surface area (Å²) < 4.78 is 5.29. The number of carbonyl (C=O) groups is 1. The molecule has 0 spiro atoms. The average Bonchev–Trinajstić information content (AvgIpc) is 2.67. The highest BCUT2D eigenvalue weighted by Gasteiger charge is 2.15. The number of carbonyl (C=O) groups excluding carboxylic acids is 1. The zero-order valence-corrected chi connectivity index (χ0v) is 9.28. The maximum atomic E-state index is 12.1. The van der Waals surface area contributed by atoms with Gasteiger partial charge in [0.15, 0.2) is 5.76 Å². The largest absolute Gasteiger partial charge is 0.458 e. The lowest BCUT2D eigenvalue weighted by atomic mass is 10.0. The Kier molecular flexibility index (Phi) is 2.52. The van der Waals surface area contributed by atoms with Crippen LogP contribution >= 0.6 is 0 Å². The number of rotatable bonds is 2. The molecule has 0 radical (unpaired) electrons. The molecule has 3 heteroatoms. The van der Waals surface area contributed by atoms with E-state index in [0.717, 1.165) is 11.3 Å². The van der Waals surface area contributed by atoms with Gasteiger partial charge < -0.3 is 10.2 Å². The number of benzene rings is 1. The Balaban J connectivity index is 2.45.